The van der Waals surface area contributed by atoms with Crippen LogP contribution in [-0.2, 0) is 0 Å². The predicted octanol–water partition coefficient (Wildman–Crippen LogP) is 4.96. The molecule has 0 amide bonds. The summed E-state index contributed by atoms with van der Waals surface area (Å²) in [5, 5.41) is 2.04. The topological polar surface area (TPSA) is 0 Å². The molecule has 0 nitrogen and oxygen atoms in total. The highest BCUT2D eigenvalue weighted by atomic mass is 32.2. The minimum Gasteiger partial charge on any atom is -0.138 e. The lowest BCUT2D eigenvalue weighted by Gasteiger charge is -1.66. The Morgan fingerprint density at radius 1 is 0.818 bits per heavy atom. The maximum absolute atomic E-state index is 2.04. The van der Waals surface area contributed by atoms with E-state index >= 15 is 0 Å². The molecule has 1 heteroatoms. The van der Waals surface area contributed by atoms with Gasteiger partial charge in [-0.25, -0.2) is 0 Å². The second-order valence-corrected chi connectivity index (χ2v) is 1.45. The number of thioether (sulfide) groups is 1. The lowest BCUT2D eigenvalue weighted by molar-refractivity contribution is 1.50. The van der Waals surface area contributed by atoms with Gasteiger partial charge in [0.05, 0.1) is 0 Å². The van der Waals surface area contributed by atoms with Crippen molar-refractivity contribution in [3.63, 3.8) is 0 Å². The van der Waals surface area contributed by atoms with Crippen molar-refractivity contribution in [2.75, 3.05) is 6.26 Å². The van der Waals surface area contributed by atoms with Crippen LogP contribution in [0.4, 0.5) is 0 Å². The van der Waals surface area contributed by atoms with Crippen molar-refractivity contribution in [3.8, 4) is 0 Å². The molecule has 0 heterocycles. The molecule has 0 radical (unpaired) electrons. The van der Waals surface area contributed by atoms with Gasteiger partial charge in [0.25, 0.3) is 0 Å². The summed E-state index contributed by atoms with van der Waals surface area (Å²) < 4.78 is 0. The van der Waals surface area contributed by atoms with Crippen molar-refractivity contribution in [2.24, 2.45) is 0 Å². The highest BCUT2D eigenvalue weighted by molar-refractivity contribution is 8.01. The van der Waals surface area contributed by atoms with E-state index in [0.717, 1.165) is 0 Å². The lowest BCUT2D eigenvalue weighted by Crippen LogP contribution is -1.34. The summed E-state index contributed by atoms with van der Waals surface area (Å²) in [5.41, 5.74) is 0. The fourth-order valence-corrected chi connectivity index (χ4v) is 0.408. The summed E-state index contributed by atoms with van der Waals surface area (Å²) in [6.45, 7) is 14.0. The summed E-state index contributed by atoms with van der Waals surface area (Å²) >= 11 is 1.72. The van der Waals surface area contributed by atoms with Crippen molar-refractivity contribution in [3.05, 3.63) is 11.5 Å². The number of hydrogen-bond donors (Lipinski definition) is 0. The third-order valence-electron chi connectivity index (χ3n) is 0.272. The Bertz CT molecular complexity index is 31.9. The molecule has 0 aliphatic rings. The SMILES string of the molecule is C/C=C\SC.CC.CC.CC. The molecule has 0 aromatic carbocycles. The molecule has 0 spiro atoms. The van der Waals surface area contributed by atoms with Crippen molar-refractivity contribution in [1.82, 2.24) is 0 Å². The van der Waals surface area contributed by atoms with Gasteiger partial charge in [-0.2, -0.15) is 0 Å². The van der Waals surface area contributed by atoms with E-state index in [9.17, 15) is 0 Å². The molecule has 0 aliphatic heterocycles. The van der Waals surface area contributed by atoms with Crippen LogP contribution in [0.5, 0.6) is 0 Å². The molecule has 0 N–H and O–H groups in total. The van der Waals surface area contributed by atoms with E-state index in [-0.39, 0.29) is 0 Å². The Morgan fingerprint density at radius 3 is 1.09 bits per heavy atom. The van der Waals surface area contributed by atoms with Gasteiger partial charge >= 0.3 is 0 Å². The minimum atomic E-state index is 1.72. The van der Waals surface area contributed by atoms with Crippen molar-refractivity contribution >= 4 is 11.8 Å². The highest BCUT2D eigenvalue weighted by Gasteiger charge is 1.51. The highest BCUT2D eigenvalue weighted by Crippen LogP contribution is 1.89. The van der Waals surface area contributed by atoms with Crippen LogP contribution in [0.15, 0.2) is 11.5 Å². The van der Waals surface area contributed by atoms with Gasteiger partial charge in [-0.3, -0.25) is 0 Å². The van der Waals surface area contributed by atoms with Crippen molar-refractivity contribution in [1.29, 1.82) is 0 Å². The Morgan fingerprint density at radius 2 is 1.09 bits per heavy atom. The van der Waals surface area contributed by atoms with Crippen LogP contribution >= 0.6 is 11.8 Å². The third-order valence-corrected chi connectivity index (χ3v) is 0.816. The van der Waals surface area contributed by atoms with Crippen LogP contribution in [0.3, 0.4) is 0 Å². The monoisotopic (exact) mass is 178 g/mol. The average molecular weight is 178 g/mol. The first-order valence-corrected chi connectivity index (χ1v) is 5.84. The zero-order valence-corrected chi connectivity index (χ0v) is 10.4. The molecule has 0 aromatic rings. The van der Waals surface area contributed by atoms with E-state index in [4.69, 9.17) is 0 Å². The van der Waals surface area contributed by atoms with Gasteiger partial charge in [-0.05, 0) is 18.6 Å². The molecular formula is C10H26S. The Hall–Kier alpha value is 0.0900. The van der Waals surface area contributed by atoms with Gasteiger partial charge in [-0.15, -0.1) is 11.8 Å². The van der Waals surface area contributed by atoms with Gasteiger partial charge < -0.3 is 0 Å². The number of allylic oxidation sites excluding steroid dienone is 1. The van der Waals surface area contributed by atoms with E-state index < -0.39 is 0 Å². The first-order chi connectivity index (χ1) is 5.41. The molecule has 0 unspecified atom stereocenters. The van der Waals surface area contributed by atoms with Crippen molar-refractivity contribution in [2.45, 2.75) is 48.5 Å². The van der Waals surface area contributed by atoms with E-state index in [1.165, 1.54) is 0 Å². The first-order valence-electron chi connectivity index (χ1n) is 4.55. The van der Waals surface area contributed by atoms with Gasteiger partial charge in [-0.1, -0.05) is 47.6 Å². The number of hydrogen-bond acceptors (Lipinski definition) is 1. The fraction of sp³-hybridized carbons (Fsp3) is 0.800. The molecule has 0 atom stereocenters. The zero-order valence-electron chi connectivity index (χ0n) is 9.56. The normalized spacial score (nSPS) is 6.18. The van der Waals surface area contributed by atoms with Crippen LogP contribution < -0.4 is 0 Å². The summed E-state index contributed by atoms with van der Waals surface area (Å²) in [4.78, 5) is 0. The van der Waals surface area contributed by atoms with Crippen molar-refractivity contribution < 1.29 is 0 Å². The maximum atomic E-state index is 2.04. The largest absolute Gasteiger partial charge is 0.138 e. The zero-order chi connectivity index (χ0) is 10.1. The predicted molar refractivity (Wildman–Crippen MR) is 62.4 cm³/mol. The number of rotatable bonds is 1. The Labute approximate surface area is 78.5 Å². The van der Waals surface area contributed by atoms with E-state index in [1.807, 2.05) is 66.2 Å². The summed E-state index contributed by atoms with van der Waals surface area (Å²) in [5.74, 6) is 0. The minimum absolute atomic E-state index is 1.72. The molecule has 0 aromatic heterocycles. The van der Waals surface area contributed by atoms with Gasteiger partial charge in [0.1, 0.15) is 0 Å². The molecule has 0 saturated carbocycles. The third kappa shape index (κ3) is 151. The Kier molecular flexibility index (Phi) is 178. The lowest BCUT2D eigenvalue weighted by atomic mass is 10.8. The summed E-state index contributed by atoms with van der Waals surface area (Å²) in [6, 6.07) is 0. The second-order valence-electron chi connectivity index (χ2n) is 0.705. The smallest absolute Gasteiger partial charge is 0.0142 e. The van der Waals surface area contributed by atoms with Crippen LogP contribution in [0.1, 0.15) is 48.5 Å². The molecule has 0 aliphatic carbocycles. The molecule has 0 bridgehead atoms. The van der Waals surface area contributed by atoms with Crippen LogP contribution in [-0.4, -0.2) is 6.26 Å². The quantitative estimate of drug-likeness (QED) is 0.547. The summed E-state index contributed by atoms with van der Waals surface area (Å²) in [7, 11) is 0. The fourth-order valence-electron chi connectivity index (χ4n) is 0.136. The van der Waals surface area contributed by atoms with Gasteiger partial charge in [0, 0.05) is 0 Å². The van der Waals surface area contributed by atoms with Gasteiger partial charge in [0.15, 0.2) is 0 Å². The first kappa shape index (κ1) is 22.5. The average Bonchev–Trinajstić information content (AvgIpc) is 2.16. The van der Waals surface area contributed by atoms with Crippen LogP contribution in [0.2, 0.25) is 0 Å². The molecule has 0 fully saturated rings. The molecular weight excluding hydrogens is 152 g/mol. The van der Waals surface area contributed by atoms with Crippen LogP contribution in [0.25, 0.3) is 0 Å². The Balaban J connectivity index is -0.0000000350. The second kappa shape index (κ2) is 87.3. The van der Waals surface area contributed by atoms with E-state index in [0.29, 0.717) is 0 Å². The molecule has 0 rings (SSSR count). The van der Waals surface area contributed by atoms with E-state index in [1.54, 1.807) is 11.8 Å². The van der Waals surface area contributed by atoms with Gasteiger partial charge in [0.2, 0.25) is 0 Å². The maximum Gasteiger partial charge on any atom is -0.0142 e. The molecule has 11 heavy (non-hydrogen) atoms. The van der Waals surface area contributed by atoms with E-state index in [2.05, 4.69) is 0 Å². The standard InChI is InChI=1S/C4H8S.3C2H6/c1-3-4-5-2;3*1-2/h3-4H,1-2H3;3*1-2H3/b4-3-;;;. The molecule has 72 valence electrons. The molecule has 0 saturated heterocycles. The summed E-state index contributed by atoms with van der Waals surface area (Å²) in [6.07, 6.45) is 4.06. The van der Waals surface area contributed by atoms with Crippen LogP contribution in [0, 0.1) is 0 Å².